The van der Waals surface area contributed by atoms with E-state index in [4.69, 9.17) is 5.11 Å². The number of nitrogens with zero attached hydrogens (tertiary/aromatic N) is 1. The predicted octanol–water partition coefficient (Wildman–Crippen LogP) is 1.97. The molecule has 1 fully saturated rings. The average molecular weight is 276 g/mol. The molecular weight excluding hydrogens is 256 g/mol. The van der Waals surface area contributed by atoms with Crippen LogP contribution in [0.15, 0.2) is 18.3 Å². The van der Waals surface area contributed by atoms with Gasteiger partial charge in [0.15, 0.2) is 0 Å². The molecule has 2 N–H and O–H groups in total. The van der Waals surface area contributed by atoms with E-state index in [0.717, 1.165) is 18.4 Å². The number of aromatic nitrogens is 1. The average Bonchev–Trinajstić information content (AvgIpc) is 3.18. The van der Waals surface area contributed by atoms with Gasteiger partial charge < -0.3 is 10.4 Å². The number of hydrogen-bond acceptors (Lipinski definition) is 3. The van der Waals surface area contributed by atoms with Gasteiger partial charge in [0.05, 0.1) is 0 Å². The molecule has 1 aromatic heterocycles. The third kappa shape index (κ3) is 3.35. The Labute approximate surface area is 118 Å². The number of rotatable bonds is 4. The molecule has 0 aliphatic heterocycles. The summed E-state index contributed by atoms with van der Waals surface area (Å²) < 4.78 is 0. The molecule has 2 rings (SSSR count). The van der Waals surface area contributed by atoms with Gasteiger partial charge in [-0.3, -0.25) is 9.78 Å². The fraction of sp³-hybridized carbons (Fsp3) is 0.533. The summed E-state index contributed by atoms with van der Waals surface area (Å²) >= 11 is 0. The first kappa shape index (κ1) is 14.5. The zero-order chi connectivity index (χ0) is 14.9. The van der Waals surface area contributed by atoms with Gasteiger partial charge >= 0.3 is 5.97 Å². The lowest BCUT2D eigenvalue weighted by Gasteiger charge is -2.18. The van der Waals surface area contributed by atoms with Crippen molar-refractivity contribution < 1.29 is 14.7 Å². The van der Waals surface area contributed by atoms with E-state index < -0.39 is 17.9 Å². The Morgan fingerprint density at radius 1 is 1.35 bits per heavy atom. The first-order valence-electron chi connectivity index (χ1n) is 6.79. The minimum Gasteiger partial charge on any atom is -0.480 e. The van der Waals surface area contributed by atoms with Crippen LogP contribution in [0, 0.1) is 5.92 Å². The maximum absolute atomic E-state index is 12.0. The Kier molecular flexibility index (Phi) is 3.79. The van der Waals surface area contributed by atoms with Gasteiger partial charge in [-0.25, -0.2) is 4.79 Å². The molecule has 1 unspecified atom stereocenters. The molecule has 1 heterocycles. The first-order chi connectivity index (χ1) is 9.29. The Morgan fingerprint density at radius 3 is 2.40 bits per heavy atom. The molecule has 1 amide bonds. The zero-order valence-corrected chi connectivity index (χ0v) is 12.0. The Morgan fingerprint density at radius 2 is 2.00 bits per heavy atom. The highest BCUT2D eigenvalue weighted by molar-refractivity contribution is 5.95. The number of aliphatic carboxylic acids is 1. The van der Waals surface area contributed by atoms with Crippen molar-refractivity contribution in [3.8, 4) is 0 Å². The van der Waals surface area contributed by atoms with Gasteiger partial charge in [0, 0.05) is 6.20 Å². The molecule has 20 heavy (non-hydrogen) atoms. The largest absolute Gasteiger partial charge is 0.480 e. The molecule has 108 valence electrons. The molecular formula is C15H20N2O3. The number of carboxylic acids is 1. The number of carbonyl (C=O) groups excluding carboxylic acids is 1. The molecule has 1 atom stereocenters. The summed E-state index contributed by atoms with van der Waals surface area (Å²) in [6.45, 7) is 6.20. The maximum atomic E-state index is 12.0. The van der Waals surface area contributed by atoms with E-state index >= 15 is 0 Å². The van der Waals surface area contributed by atoms with Gasteiger partial charge in [0.2, 0.25) is 0 Å². The Balaban J connectivity index is 2.07. The third-order valence-electron chi connectivity index (χ3n) is 3.51. The van der Waals surface area contributed by atoms with Gasteiger partial charge in [-0.05, 0) is 35.8 Å². The predicted molar refractivity (Wildman–Crippen MR) is 74.6 cm³/mol. The number of carboxylic acid groups (broad SMARTS) is 1. The number of hydrogen-bond donors (Lipinski definition) is 2. The Bertz CT molecular complexity index is 513. The number of pyridine rings is 1. The molecule has 0 saturated heterocycles. The number of nitrogens with one attached hydrogen (secondary N) is 1. The van der Waals surface area contributed by atoms with E-state index in [0.29, 0.717) is 0 Å². The second kappa shape index (κ2) is 5.23. The van der Waals surface area contributed by atoms with Crippen molar-refractivity contribution in [1.82, 2.24) is 10.3 Å². The van der Waals surface area contributed by atoms with Gasteiger partial charge in [0.25, 0.3) is 5.91 Å². The normalized spacial score (nSPS) is 16.6. The van der Waals surface area contributed by atoms with Crippen LogP contribution >= 0.6 is 0 Å². The molecule has 1 aliphatic carbocycles. The number of carbonyl (C=O) groups is 2. The quantitative estimate of drug-likeness (QED) is 0.881. The molecule has 1 aliphatic rings. The van der Waals surface area contributed by atoms with E-state index in [1.807, 2.05) is 6.07 Å². The maximum Gasteiger partial charge on any atom is 0.326 e. The molecule has 5 nitrogen and oxygen atoms in total. The highest BCUT2D eigenvalue weighted by Gasteiger charge is 2.37. The van der Waals surface area contributed by atoms with Gasteiger partial charge in [0.1, 0.15) is 11.7 Å². The highest BCUT2D eigenvalue weighted by atomic mass is 16.4. The van der Waals surface area contributed by atoms with Crippen LogP contribution in [0.5, 0.6) is 0 Å². The second-order valence-electron chi connectivity index (χ2n) is 6.31. The molecule has 0 radical (unpaired) electrons. The van der Waals surface area contributed by atoms with Crippen LogP contribution in [0.25, 0.3) is 0 Å². The van der Waals surface area contributed by atoms with Crippen LogP contribution in [-0.4, -0.2) is 28.0 Å². The van der Waals surface area contributed by atoms with E-state index in [2.05, 4.69) is 31.1 Å². The van der Waals surface area contributed by atoms with Crippen LogP contribution in [0.1, 0.15) is 49.7 Å². The minimum absolute atomic E-state index is 0.0282. The fourth-order valence-electron chi connectivity index (χ4n) is 2.00. The molecule has 0 aromatic carbocycles. The van der Waals surface area contributed by atoms with Crippen molar-refractivity contribution in [2.24, 2.45) is 5.92 Å². The first-order valence-corrected chi connectivity index (χ1v) is 6.79. The Hall–Kier alpha value is -1.91. The summed E-state index contributed by atoms with van der Waals surface area (Å²) in [6, 6.07) is 2.70. The highest BCUT2D eigenvalue weighted by Crippen LogP contribution is 2.32. The molecule has 0 spiro atoms. The summed E-state index contributed by atoms with van der Waals surface area (Å²) in [4.78, 5) is 27.2. The van der Waals surface area contributed by atoms with Crippen molar-refractivity contribution in [3.05, 3.63) is 29.6 Å². The molecule has 1 saturated carbocycles. The molecule has 0 bridgehead atoms. The minimum atomic E-state index is -0.979. The van der Waals surface area contributed by atoms with Gasteiger partial charge in [-0.2, -0.15) is 0 Å². The van der Waals surface area contributed by atoms with Crippen molar-refractivity contribution in [2.75, 3.05) is 0 Å². The smallest absolute Gasteiger partial charge is 0.326 e. The lowest BCUT2D eigenvalue weighted by atomic mass is 9.88. The lowest BCUT2D eigenvalue weighted by Crippen LogP contribution is -2.42. The van der Waals surface area contributed by atoms with Crippen LogP contribution in [0.4, 0.5) is 0 Å². The van der Waals surface area contributed by atoms with Crippen LogP contribution in [0.3, 0.4) is 0 Å². The van der Waals surface area contributed by atoms with Crippen molar-refractivity contribution >= 4 is 11.9 Å². The van der Waals surface area contributed by atoms with Gasteiger partial charge in [-0.15, -0.1) is 0 Å². The van der Waals surface area contributed by atoms with E-state index in [-0.39, 0.29) is 17.0 Å². The van der Waals surface area contributed by atoms with Crippen molar-refractivity contribution in [1.29, 1.82) is 0 Å². The summed E-state index contributed by atoms with van der Waals surface area (Å²) in [5.41, 5.74) is 1.26. The lowest BCUT2D eigenvalue weighted by molar-refractivity contribution is -0.139. The molecule has 5 heteroatoms. The van der Waals surface area contributed by atoms with Gasteiger partial charge in [-0.1, -0.05) is 26.8 Å². The van der Waals surface area contributed by atoms with Crippen LogP contribution in [-0.2, 0) is 10.2 Å². The SMILES string of the molecule is CC(C)(C)c1ccc(C(=O)NC(C(=O)O)C2CC2)nc1. The van der Waals surface area contributed by atoms with Crippen molar-refractivity contribution in [3.63, 3.8) is 0 Å². The topological polar surface area (TPSA) is 79.3 Å². The summed E-state index contributed by atoms with van der Waals surface area (Å²) in [5.74, 6) is -1.35. The summed E-state index contributed by atoms with van der Waals surface area (Å²) in [7, 11) is 0. The molecule has 1 aromatic rings. The second-order valence-corrected chi connectivity index (χ2v) is 6.31. The number of amides is 1. The van der Waals surface area contributed by atoms with E-state index in [9.17, 15) is 9.59 Å². The van der Waals surface area contributed by atoms with Crippen LogP contribution < -0.4 is 5.32 Å². The fourth-order valence-corrected chi connectivity index (χ4v) is 2.00. The third-order valence-corrected chi connectivity index (χ3v) is 3.51. The summed E-state index contributed by atoms with van der Waals surface area (Å²) in [5, 5.41) is 11.6. The monoisotopic (exact) mass is 276 g/mol. The van der Waals surface area contributed by atoms with Crippen molar-refractivity contribution in [2.45, 2.75) is 45.1 Å². The standard InChI is InChI=1S/C15H20N2O3/c1-15(2,3)10-6-7-11(16-8-10)13(18)17-12(14(19)20)9-4-5-9/h6-9,12H,4-5H2,1-3H3,(H,17,18)(H,19,20). The van der Waals surface area contributed by atoms with Crippen LogP contribution in [0.2, 0.25) is 0 Å². The zero-order valence-electron chi connectivity index (χ0n) is 12.0. The van der Waals surface area contributed by atoms with E-state index in [1.54, 1.807) is 12.3 Å². The summed E-state index contributed by atoms with van der Waals surface area (Å²) in [6.07, 6.45) is 3.38. The van der Waals surface area contributed by atoms with E-state index in [1.165, 1.54) is 0 Å².